The summed E-state index contributed by atoms with van der Waals surface area (Å²) >= 11 is 1.59. The Bertz CT molecular complexity index is 577. The summed E-state index contributed by atoms with van der Waals surface area (Å²) in [7, 11) is 0. The van der Waals surface area contributed by atoms with Gasteiger partial charge in [-0.1, -0.05) is 25.0 Å². The fraction of sp³-hybridized carbons (Fsp3) is 0.333. The first kappa shape index (κ1) is 13.1. The summed E-state index contributed by atoms with van der Waals surface area (Å²) in [4.78, 5) is 16.2. The van der Waals surface area contributed by atoms with E-state index in [1.165, 1.54) is 12.8 Å². The van der Waals surface area contributed by atoms with Gasteiger partial charge in [-0.15, -0.1) is 11.3 Å². The maximum absolute atomic E-state index is 11.9. The average Bonchev–Trinajstić information content (AvgIpc) is 3.11. The van der Waals surface area contributed by atoms with Crippen LogP contribution < -0.4 is 10.6 Å². The van der Waals surface area contributed by atoms with E-state index in [1.807, 2.05) is 29.6 Å². The number of rotatable bonds is 3. The lowest BCUT2D eigenvalue weighted by Crippen LogP contribution is -2.36. The molecule has 0 saturated heterocycles. The van der Waals surface area contributed by atoms with Crippen LogP contribution in [0.5, 0.6) is 0 Å². The number of aromatic nitrogens is 1. The number of hydrogen-bond donors (Lipinski definition) is 2. The predicted octanol–water partition coefficient (Wildman–Crippen LogP) is 3.87. The maximum atomic E-state index is 11.9. The molecule has 0 unspecified atom stereocenters. The Labute approximate surface area is 122 Å². The molecule has 104 valence electrons. The Morgan fingerprint density at radius 3 is 2.90 bits per heavy atom. The molecule has 4 nitrogen and oxygen atoms in total. The summed E-state index contributed by atoms with van der Waals surface area (Å²) in [6.45, 7) is 0. The minimum Gasteiger partial charge on any atom is -0.335 e. The molecule has 0 bridgehead atoms. The van der Waals surface area contributed by atoms with Gasteiger partial charge in [-0.25, -0.2) is 9.78 Å². The van der Waals surface area contributed by atoms with Gasteiger partial charge in [0.2, 0.25) is 0 Å². The van der Waals surface area contributed by atoms with Crippen molar-refractivity contribution in [3.63, 3.8) is 0 Å². The van der Waals surface area contributed by atoms with Crippen LogP contribution in [0, 0.1) is 0 Å². The van der Waals surface area contributed by atoms with Crippen LogP contribution >= 0.6 is 11.3 Å². The van der Waals surface area contributed by atoms with E-state index >= 15 is 0 Å². The molecule has 0 aliphatic heterocycles. The van der Waals surface area contributed by atoms with Crippen LogP contribution in [0.1, 0.15) is 25.7 Å². The highest BCUT2D eigenvalue weighted by Gasteiger charge is 2.17. The molecule has 1 aliphatic carbocycles. The fourth-order valence-electron chi connectivity index (χ4n) is 2.52. The molecule has 0 radical (unpaired) electrons. The minimum absolute atomic E-state index is 0.117. The normalized spacial score (nSPS) is 15.2. The third kappa shape index (κ3) is 3.17. The van der Waals surface area contributed by atoms with Crippen molar-refractivity contribution in [1.29, 1.82) is 0 Å². The Morgan fingerprint density at radius 2 is 2.15 bits per heavy atom. The number of thiazole rings is 1. The summed E-state index contributed by atoms with van der Waals surface area (Å²) in [6, 6.07) is 7.99. The van der Waals surface area contributed by atoms with Gasteiger partial charge in [-0.2, -0.15) is 0 Å². The van der Waals surface area contributed by atoms with Crippen molar-refractivity contribution in [3.05, 3.63) is 35.8 Å². The lowest BCUT2D eigenvalue weighted by Gasteiger charge is -2.13. The van der Waals surface area contributed by atoms with Crippen molar-refractivity contribution in [2.45, 2.75) is 31.7 Å². The Morgan fingerprint density at radius 1 is 1.30 bits per heavy atom. The minimum atomic E-state index is -0.117. The smallest absolute Gasteiger partial charge is 0.319 e. The van der Waals surface area contributed by atoms with Crippen molar-refractivity contribution in [2.75, 3.05) is 5.32 Å². The highest BCUT2D eigenvalue weighted by atomic mass is 32.1. The Hall–Kier alpha value is -1.88. The highest BCUT2D eigenvalue weighted by molar-refractivity contribution is 7.13. The molecule has 1 aromatic carbocycles. The van der Waals surface area contributed by atoms with E-state index in [2.05, 4.69) is 15.6 Å². The second-order valence-corrected chi connectivity index (χ2v) is 5.89. The summed E-state index contributed by atoms with van der Waals surface area (Å²) in [5.41, 5.74) is 1.83. The zero-order valence-corrected chi connectivity index (χ0v) is 12.0. The van der Waals surface area contributed by atoms with Gasteiger partial charge in [-0.3, -0.25) is 0 Å². The molecule has 5 heteroatoms. The molecule has 2 aromatic rings. The van der Waals surface area contributed by atoms with Gasteiger partial charge in [0.1, 0.15) is 5.01 Å². The van der Waals surface area contributed by atoms with Gasteiger partial charge in [0.15, 0.2) is 0 Å². The van der Waals surface area contributed by atoms with Crippen LogP contribution in [0.2, 0.25) is 0 Å². The lowest BCUT2D eigenvalue weighted by atomic mass is 10.2. The van der Waals surface area contributed by atoms with Gasteiger partial charge in [0.05, 0.1) is 0 Å². The molecule has 2 N–H and O–H groups in total. The van der Waals surface area contributed by atoms with E-state index in [0.29, 0.717) is 6.04 Å². The monoisotopic (exact) mass is 287 g/mol. The van der Waals surface area contributed by atoms with E-state index in [0.717, 1.165) is 29.1 Å². The SMILES string of the molecule is O=C(Nc1cccc(-c2nccs2)c1)NC1CCCC1. The maximum Gasteiger partial charge on any atom is 0.319 e. The standard InChI is InChI=1S/C15H17N3OS/c19-15(17-12-5-1-2-6-12)18-13-7-3-4-11(10-13)14-16-8-9-20-14/h3-4,7-10,12H,1-2,5-6H2,(H2,17,18,19). The Kier molecular flexibility index (Phi) is 3.97. The first-order chi connectivity index (χ1) is 9.81. The highest BCUT2D eigenvalue weighted by Crippen LogP contribution is 2.24. The quantitative estimate of drug-likeness (QED) is 0.900. The largest absolute Gasteiger partial charge is 0.335 e. The van der Waals surface area contributed by atoms with Gasteiger partial charge in [0, 0.05) is 28.9 Å². The lowest BCUT2D eigenvalue weighted by molar-refractivity contribution is 0.248. The number of carbonyl (C=O) groups is 1. The van der Waals surface area contributed by atoms with Crippen molar-refractivity contribution in [1.82, 2.24) is 10.3 Å². The molecule has 20 heavy (non-hydrogen) atoms. The number of hydrogen-bond acceptors (Lipinski definition) is 3. The second-order valence-electron chi connectivity index (χ2n) is 5.00. The first-order valence-corrected chi connectivity index (χ1v) is 7.77. The van der Waals surface area contributed by atoms with E-state index in [4.69, 9.17) is 0 Å². The van der Waals surface area contributed by atoms with Crippen LogP contribution in [0.4, 0.5) is 10.5 Å². The van der Waals surface area contributed by atoms with Crippen LogP contribution in [0.3, 0.4) is 0 Å². The zero-order valence-electron chi connectivity index (χ0n) is 11.1. The van der Waals surface area contributed by atoms with Gasteiger partial charge in [-0.05, 0) is 25.0 Å². The molecule has 1 aromatic heterocycles. The van der Waals surface area contributed by atoms with Crippen LogP contribution in [-0.4, -0.2) is 17.1 Å². The Balaban J connectivity index is 1.65. The second kappa shape index (κ2) is 6.05. The molecule has 1 saturated carbocycles. The third-order valence-corrected chi connectivity index (χ3v) is 4.31. The van der Waals surface area contributed by atoms with Crippen molar-refractivity contribution in [3.8, 4) is 10.6 Å². The molecule has 1 aliphatic rings. The number of urea groups is 1. The summed E-state index contributed by atoms with van der Waals surface area (Å²) in [5.74, 6) is 0. The van der Waals surface area contributed by atoms with Crippen LogP contribution in [0.25, 0.3) is 10.6 Å². The third-order valence-electron chi connectivity index (χ3n) is 3.49. The average molecular weight is 287 g/mol. The molecule has 3 rings (SSSR count). The molecular weight excluding hydrogens is 270 g/mol. The molecule has 0 atom stereocenters. The van der Waals surface area contributed by atoms with Crippen molar-refractivity contribution < 1.29 is 4.79 Å². The van der Waals surface area contributed by atoms with Gasteiger partial charge < -0.3 is 10.6 Å². The molecule has 1 heterocycles. The summed E-state index contributed by atoms with van der Waals surface area (Å²) in [5, 5.41) is 8.83. The number of nitrogens with one attached hydrogen (secondary N) is 2. The van der Waals surface area contributed by atoms with Crippen molar-refractivity contribution in [2.24, 2.45) is 0 Å². The van der Waals surface area contributed by atoms with Gasteiger partial charge in [0.25, 0.3) is 0 Å². The number of anilines is 1. The number of amides is 2. The number of carbonyl (C=O) groups excluding carboxylic acids is 1. The first-order valence-electron chi connectivity index (χ1n) is 6.89. The molecular formula is C15H17N3OS. The molecule has 1 fully saturated rings. The number of benzene rings is 1. The summed E-state index contributed by atoms with van der Waals surface area (Å²) < 4.78 is 0. The van der Waals surface area contributed by atoms with E-state index in [-0.39, 0.29) is 6.03 Å². The molecule has 0 spiro atoms. The topological polar surface area (TPSA) is 54.0 Å². The van der Waals surface area contributed by atoms with Gasteiger partial charge >= 0.3 is 6.03 Å². The summed E-state index contributed by atoms with van der Waals surface area (Å²) in [6.07, 6.45) is 6.39. The van der Waals surface area contributed by atoms with E-state index in [1.54, 1.807) is 17.5 Å². The predicted molar refractivity (Wildman–Crippen MR) is 82.0 cm³/mol. The molecule has 2 amide bonds. The fourth-order valence-corrected chi connectivity index (χ4v) is 3.15. The van der Waals surface area contributed by atoms with Crippen LogP contribution in [-0.2, 0) is 0 Å². The van der Waals surface area contributed by atoms with E-state index < -0.39 is 0 Å². The number of nitrogens with zero attached hydrogens (tertiary/aromatic N) is 1. The van der Waals surface area contributed by atoms with Crippen LogP contribution in [0.15, 0.2) is 35.8 Å². The van der Waals surface area contributed by atoms with Crippen molar-refractivity contribution >= 4 is 23.1 Å². The zero-order chi connectivity index (χ0) is 13.8. The van der Waals surface area contributed by atoms with E-state index in [9.17, 15) is 4.79 Å².